The Bertz CT molecular complexity index is 427. The number of benzene rings is 1. The molecule has 1 aromatic rings. The van der Waals surface area contributed by atoms with Crippen LogP contribution in [0.25, 0.3) is 0 Å². The zero-order valence-electron chi connectivity index (χ0n) is 11.5. The lowest BCUT2D eigenvalue weighted by Crippen LogP contribution is -2.30. The highest BCUT2D eigenvalue weighted by atomic mass is 79.9. The Labute approximate surface area is 127 Å². The van der Waals surface area contributed by atoms with Gasteiger partial charge in [0.1, 0.15) is 5.82 Å². The van der Waals surface area contributed by atoms with Crippen molar-refractivity contribution in [3.05, 3.63) is 34.1 Å². The molecule has 0 bridgehead atoms. The molecule has 1 aliphatic rings. The Hall–Kier alpha value is -0.0600. The van der Waals surface area contributed by atoms with E-state index in [0.717, 1.165) is 15.3 Å². The average Bonchev–Trinajstić information content (AvgIpc) is 2.76. The largest absolute Gasteiger partial charge is 0.307 e. The molecule has 2 rings (SSSR count). The van der Waals surface area contributed by atoms with E-state index in [1.165, 1.54) is 31.1 Å². The summed E-state index contributed by atoms with van der Waals surface area (Å²) in [5.74, 6) is 1.06. The lowest BCUT2D eigenvalue weighted by atomic mass is 10.1. The van der Waals surface area contributed by atoms with Gasteiger partial charge in [-0.2, -0.15) is 11.8 Å². The van der Waals surface area contributed by atoms with Crippen molar-refractivity contribution in [3.63, 3.8) is 0 Å². The van der Waals surface area contributed by atoms with E-state index in [0.29, 0.717) is 6.04 Å². The molecule has 106 valence electrons. The lowest BCUT2D eigenvalue weighted by Gasteiger charge is -2.20. The quantitative estimate of drug-likeness (QED) is 0.813. The highest BCUT2D eigenvalue weighted by Gasteiger charge is 2.26. The van der Waals surface area contributed by atoms with Gasteiger partial charge in [-0.1, -0.05) is 28.9 Å². The summed E-state index contributed by atoms with van der Waals surface area (Å²) in [6.45, 7) is 4.26. The first-order valence-electron chi connectivity index (χ1n) is 6.92. The molecule has 0 heterocycles. The molecule has 0 aromatic heterocycles. The summed E-state index contributed by atoms with van der Waals surface area (Å²) in [7, 11) is 0. The molecule has 4 heteroatoms. The summed E-state index contributed by atoms with van der Waals surface area (Å²) < 4.78 is 14.7. The van der Waals surface area contributed by atoms with Gasteiger partial charge in [-0.15, -0.1) is 0 Å². The Morgan fingerprint density at radius 1 is 1.47 bits per heavy atom. The predicted molar refractivity (Wildman–Crippen MR) is 85.2 cm³/mol. The van der Waals surface area contributed by atoms with Crippen LogP contribution in [0.15, 0.2) is 22.7 Å². The second kappa shape index (κ2) is 7.09. The van der Waals surface area contributed by atoms with Crippen LogP contribution in [0.4, 0.5) is 4.39 Å². The molecule has 0 aliphatic heterocycles. The van der Waals surface area contributed by atoms with E-state index >= 15 is 0 Å². The molecule has 1 fully saturated rings. The van der Waals surface area contributed by atoms with E-state index in [9.17, 15) is 4.39 Å². The second-order valence-corrected chi connectivity index (χ2v) is 7.63. The minimum atomic E-state index is -0.133. The molecule has 1 aromatic carbocycles. The predicted octanol–water partition coefficient (Wildman–Crippen LogP) is 4.91. The fourth-order valence-corrected chi connectivity index (χ4v) is 4.25. The molecule has 1 aliphatic carbocycles. The monoisotopic (exact) mass is 345 g/mol. The van der Waals surface area contributed by atoms with E-state index in [-0.39, 0.29) is 11.9 Å². The fraction of sp³-hybridized carbons (Fsp3) is 0.600. The van der Waals surface area contributed by atoms with E-state index in [4.69, 9.17) is 0 Å². The molecular formula is C15H21BrFNS. The fourth-order valence-electron chi connectivity index (χ4n) is 2.77. The summed E-state index contributed by atoms with van der Waals surface area (Å²) in [6, 6.07) is 5.91. The number of hydrogen-bond donors (Lipinski definition) is 1. The van der Waals surface area contributed by atoms with Crippen molar-refractivity contribution < 1.29 is 4.39 Å². The number of hydrogen-bond acceptors (Lipinski definition) is 2. The highest BCUT2D eigenvalue weighted by Crippen LogP contribution is 2.31. The minimum absolute atomic E-state index is 0.0727. The molecule has 1 N–H and O–H groups in total. The SMILES string of the molecule is CCSC1CCC(NC(C)c2ccc(Br)cc2F)C1. The van der Waals surface area contributed by atoms with Crippen LogP contribution < -0.4 is 5.32 Å². The minimum Gasteiger partial charge on any atom is -0.307 e. The maximum Gasteiger partial charge on any atom is 0.129 e. The standard InChI is InChI=1S/C15H21BrFNS/c1-3-19-13-6-5-12(9-13)18-10(2)14-7-4-11(16)8-15(14)17/h4,7-8,10,12-13,18H,3,5-6,9H2,1-2H3. The van der Waals surface area contributed by atoms with E-state index in [2.05, 4.69) is 39.9 Å². The van der Waals surface area contributed by atoms with Crippen molar-refractivity contribution >= 4 is 27.7 Å². The lowest BCUT2D eigenvalue weighted by molar-refractivity contribution is 0.448. The van der Waals surface area contributed by atoms with Gasteiger partial charge in [0.2, 0.25) is 0 Å². The number of thioether (sulfide) groups is 1. The summed E-state index contributed by atoms with van der Waals surface area (Å²) in [6.07, 6.45) is 3.70. The molecule has 0 amide bonds. The first-order valence-corrected chi connectivity index (χ1v) is 8.77. The van der Waals surface area contributed by atoms with Gasteiger partial charge < -0.3 is 5.32 Å². The number of rotatable bonds is 5. The van der Waals surface area contributed by atoms with Crippen LogP contribution in [-0.2, 0) is 0 Å². The molecular weight excluding hydrogens is 325 g/mol. The maximum absolute atomic E-state index is 13.9. The van der Waals surface area contributed by atoms with Gasteiger partial charge in [0.15, 0.2) is 0 Å². The van der Waals surface area contributed by atoms with Gasteiger partial charge in [0, 0.05) is 27.4 Å². The van der Waals surface area contributed by atoms with Gasteiger partial charge in [0.25, 0.3) is 0 Å². The van der Waals surface area contributed by atoms with Crippen molar-refractivity contribution in [2.24, 2.45) is 0 Å². The van der Waals surface area contributed by atoms with Crippen molar-refractivity contribution in [2.75, 3.05) is 5.75 Å². The van der Waals surface area contributed by atoms with E-state index in [1.807, 2.05) is 19.1 Å². The molecule has 19 heavy (non-hydrogen) atoms. The summed E-state index contributed by atoms with van der Waals surface area (Å²) >= 11 is 5.35. The highest BCUT2D eigenvalue weighted by molar-refractivity contribution is 9.10. The van der Waals surface area contributed by atoms with Gasteiger partial charge in [-0.3, -0.25) is 0 Å². The third-order valence-corrected chi connectivity index (χ3v) is 5.43. The smallest absolute Gasteiger partial charge is 0.129 e. The third-order valence-electron chi connectivity index (χ3n) is 3.70. The van der Waals surface area contributed by atoms with Gasteiger partial charge >= 0.3 is 0 Å². The van der Waals surface area contributed by atoms with Crippen molar-refractivity contribution in [1.29, 1.82) is 0 Å². The second-order valence-electron chi connectivity index (χ2n) is 5.14. The molecule has 1 nitrogen and oxygen atoms in total. The molecule has 0 saturated heterocycles. The van der Waals surface area contributed by atoms with Crippen LogP contribution in [0.5, 0.6) is 0 Å². The van der Waals surface area contributed by atoms with Gasteiger partial charge in [0.05, 0.1) is 0 Å². The Kier molecular flexibility index (Phi) is 5.72. The Balaban J connectivity index is 1.92. The summed E-state index contributed by atoms with van der Waals surface area (Å²) in [5, 5.41) is 4.36. The topological polar surface area (TPSA) is 12.0 Å². The van der Waals surface area contributed by atoms with Crippen molar-refractivity contribution in [1.82, 2.24) is 5.32 Å². The van der Waals surface area contributed by atoms with Crippen LogP contribution in [-0.4, -0.2) is 17.0 Å². The Morgan fingerprint density at radius 3 is 2.95 bits per heavy atom. The van der Waals surface area contributed by atoms with Crippen LogP contribution in [0.3, 0.4) is 0 Å². The first kappa shape index (κ1) is 15.3. The van der Waals surface area contributed by atoms with Crippen LogP contribution in [0.2, 0.25) is 0 Å². The normalized spacial score (nSPS) is 24.6. The molecule has 0 radical (unpaired) electrons. The molecule has 0 spiro atoms. The zero-order valence-corrected chi connectivity index (χ0v) is 13.9. The molecule has 3 unspecified atom stereocenters. The van der Waals surface area contributed by atoms with E-state index in [1.54, 1.807) is 0 Å². The third kappa shape index (κ3) is 4.20. The zero-order chi connectivity index (χ0) is 13.8. The number of nitrogens with one attached hydrogen (secondary N) is 1. The average molecular weight is 346 g/mol. The van der Waals surface area contributed by atoms with Gasteiger partial charge in [-0.05, 0) is 44.1 Å². The summed E-state index contributed by atoms with van der Waals surface area (Å²) in [5.41, 5.74) is 0.759. The Morgan fingerprint density at radius 2 is 2.26 bits per heavy atom. The maximum atomic E-state index is 13.9. The summed E-state index contributed by atoms with van der Waals surface area (Å²) in [4.78, 5) is 0. The van der Waals surface area contributed by atoms with Crippen LogP contribution in [0, 0.1) is 5.82 Å². The van der Waals surface area contributed by atoms with Crippen molar-refractivity contribution in [3.8, 4) is 0 Å². The van der Waals surface area contributed by atoms with Crippen LogP contribution in [0.1, 0.15) is 44.7 Å². The van der Waals surface area contributed by atoms with E-state index < -0.39 is 0 Å². The van der Waals surface area contributed by atoms with Crippen LogP contribution >= 0.6 is 27.7 Å². The number of halogens is 2. The van der Waals surface area contributed by atoms with Gasteiger partial charge in [-0.25, -0.2) is 4.39 Å². The first-order chi connectivity index (χ1) is 9.10. The molecule has 3 atom stereocenters. The van der Waals surface area contributed by atoms with Crippen molar-refractivity contribution in [2.45, 2.75) is 50.4 Å². The molecule has 1 saturated carbocycles.